The minimum absolute atomic E-state index is 0.191. The highest BCUT2D eigenvalue weighted by molar-refractivity contribution is 5.73. The maximum absolute atomic E-state index is 10.7. The zero-order valence-electron chi connectivity index (χ0n) is 8.04. The van der Waals surface area contributed by atoms with E-state index in [-0.39, 0.29) is 5.91 Å². The fraction of sp³-hybridized carbons (Fsp3) is 0.750. The minimum Gasteiger partial charge on any atom is -0.481 e. The van der Waals surface area contributed by atoms with Gasteiger partial charge in [0.15, 0.2) is 0 Å². The van der Waals surface area contributed by atoms with Gasteiger partial charge in [-0.3, -0.25) is 9.59 Å². The Hall–Kier alpha value is -1.10. The van der Waals surface area contributed by atoms with Crippen molar-refractivity contribution < 1.29 is 14.7 Å². The van der Waals surface area contributed by atoms with Crippen molar-refractivity contribution in [3.05, 3.63) is 0 Å². The fourth-order valence-corrected chi connectivity index (χ4v) is 0.980. The maximum atomic E-state index is 10.7. The van der Waals surface area contributed by atoms with E-state index in [1.165, 1.54) is 0 Å². The van der Waals surface area contributed by atoms with Gasteiger partial charge in [-0.2, -0.15) is 0 Å². The van der Waals surface area contributed by atoms with Crippen LogP contribution in [0.3, 0.4) is 0 Å². The highest BCUT2D eigenvalue weighted by Gasteiger charge is 2.10. The number of piperazine rings is 1. The Kier molecular flexibility index (Phi) is 5.88. The largest absolute Gasteiger partial charge is 0.481 e. The predicted octanol–water partition coefficient (Wildman–Crippen LogP) is -0.471. The summed E-state index contributed by atoms with van der Waals surface area (Å²) in [6.07, 6.45) is 0. The van der Waals surface area contributed by atoms with Gasteiger partial charge >= 0.3 is 0 Å². The van der Waals surface area contributed by atoms with Gasteiger partial charge in [0.1, 0.15) is 0 Å². The first-order valence-electron chi connectivity index (χ1n) is 4.20. The second-order valence-electron chi connectivity index (χ2n) is 2.78. The topological polar surface area (TPSA) is 69.6 Å². The Labute approximate surface area is 77.7 Å². The number of carboxylic acids is 1. The molecule has 0 spiro atoms. The van der Waals surface area contributed by atoms with Crippen molar-refractivity contribution in [3.63, 3.8) is 0 Å². The highest BCUT2D eigenvalue weighted by atomic mass is 16.4. The van der Waals surface area contributed by atoms with E-state index in [9.17, 15) is 4.79 Å². The molecular weight excluding hydrogens is 172 g/mol. The number of hydrogen-bond acceptors (Lipinski definition) is 3. The van der Waals surface area contributed by atoms with Crippen LogP contribution in [0.25, 0.3) is 0 Å². The van der Waals surface area contributed by atoms with E-state index < -0.39 is 5.97 Å². The Morgan fingerprint density at radius 3 is 1.85 bits per heavy atom. The van der Waals surface area contributed by atoms with Crippen molar-refractivity contribution in [2.75, 3.05) is 26.2 Å². The molecule has 76 valence electrons. The number of nitrogens with zero attached hydrogens (tertiary/aromatic N) is 1. The van der Waals surface area contributed by atoms with Crippen LogP contribution < -0.4 is 5.32 Å². The van der Waals surface area contributed by atoms with Crippen molar-refractivity contribution in [3.8, 4) is 0 Å². The molecule has 0 saturated carbocycles. The molecule has 1 heterocycles. The lowest BCUT2D eigenvalue weighted by Crippen LogP contribution is -2.45. The zero-order valence-corrected chi connectivity index (χ0v) is 8.04. The molecule has 1 amide bonds. The van der Waals surface area contributed by atoms with E-state index in [2.05, 4.69) is 5.32 Å². The third-order valence-corrected chi connectivity index (χ3v) is 1.56. The lowest BCUT2D eigenvalue weighted by atomic mass is 10.4. The second kappa shape index (κ2) is 6.42. The zero-order chi connectivity index (χ0) is 10.3. The van der Waals surface area contributed by atoms with Gasteiger partial charge in [-0.05, 0) is 0 Å². The normalized spacial score (nSPS) is 15.7. The van der Waals surface area contributed by atoms with Gasteiger partial charge in [0, 0.05) is 40.0 Å². The monoisotopic (exact) mass is 188 g/mol. The molecule has 0 aliphatic carbocycles. The van der Waals surface area contributed by atoms with Crippen LogP contribution in [0, 0.1) is 0 Å². The number of amides is 1. The van der Waals surface area contributed by atoms with Gasteiger partial charge in [-0.1, -0.05) is 0 Å². The number of carbonyl (C=O) groups is 2. The summed E-state index contributed by atoms with van der Waals surface area (Å²) in [5, 5.41) is 10.6. The van der Waals surface area contributed by atoms with Crippen LogP contribution in [-0.4, -0.2) is 48.1 Å². The summed E-state index contributed by atoms with van der Waals surface area (Å²) in [5.74, 6) is -0.642. The average molecular weight is 188 g/mol. The molecule has 5 heteroatoms. The van der Waals surface area contributed by atoms with Crippen LogP contribution in [0.2, 0.25) is 0 Å². The standard InChI is InChI=1S/C6H12N2O.C2H4O2/c1-6(9)8-4-2-7-3-5-8;1-2(3)4/h7H,2-5H2,1H3;1H3,(H,3,4). The number of nitrogens with one attached hydrogen (secondary N) is 1. The first-order chi connectivity index (χ1) is 6.04. The summed E-state index contributed by atoms with van der Waals surface area (Å²) in [5.41, 5.74) is 0. The highest BCUT2D eigenvalue weighted by Crippen LogP contribution is 1.90. The number of carbonyl (C=O) groups excluding carboxylic acids is 1. The number of aliphatic carboxylic acids is 1. The first kappa shape index (κ1) is 11.9. The van der Waals surface area contributed by atoms with Crippen LogP contribution in [0.4, 0.5) is 0 Å². The molecule has 1 aliphatic heterocycles. The molecule has 0 unspecified atom stereocenters. The summed E-state index contributed by atoms with van der Waals surface area (Å²) >= 11 is 0. The lowest BCUT2D eigenvalue weighted by Gasteiger charge is -2.25. The summed E-state index contributed by atoms with van der Waals surface area (Å²) in [4.78, 5) is 21.6. The SMILES string of the molecule is CC(=O)N1CCNCC1.CC(=O)O. The molecule has 1 rings (SSSR count). The van der Waals surface area contributed by atoms with Gasteiger partial charge in [-0.25, -0.2) is 0 Å². The van der Waals surface area contributed by atoms with Crippen molar-refractivity contribution in [1.82, 2.24) is 10.2 Å². The molecular formula is C8H16N2O3. The average Bonchev–Trinajstić information content (AvgIpc) is 2.05. The Morgan fingerprint density at radius 1 is 1.23 bits per heavy atom. The molecule has 0 aromatic heterocycles. The molecule has 0 bridgehead atoms. The van der Waals surface area contributed by atoms with Crippen LogP contribution in [-0.2, 0) is 9.59 Å². The summed E-state index contributed by atoms with van der Waals surface area (Å²) in [6.45, 7) is 6.33. The first-order valence-corrected chi connectivity index (χ1v) is 4.20. The van der Waals surface area contributed by atoms with E-state index in [0.717, 1.165) is 33.1 Å². The Balaban J connectivity index is 0.000000310. The summed E-state index contributed by atoms with van der Waals surface area (Å²) < 4.78 is 0. The lowest BCUT2D eigenvalue weighted by molar-refractivity contribution is -0.134. The molecule has 1 saturated heterocycles. The molecule has 0 atom stereocenters. The minimum atomic E-state index is -0.833. The molecule has 0 aromatic carbocycles. The smallest absolute Gasteiger partial charge is 0.300 e. The van der Waals surface area contributed by atoms with E-state index in [4.69, 9.17) is 9.90 Å². The van der Waals surface area contributed by atoms with Crippen LogP contribution in [0.15, 0.2) is 0 Å². The summed E-state index contributed by atoms with van der Waals surface area (Å²) in [6, 6.07) is 0. The van der Waals surface area contributed by atoms with E-state index in [1.54, 1.807) is 6.92 Å². The quantitative estimate of drug-likeness (QED) is 0.539. The third-order valence-electron chi connectivity index (χ3n) is 1.56. The fourth-order valence-electron chi connectivity index (χ4n) is 0.980. The van der Waals surface area contributed by atoms with E-state index in [0.29, 0.717) is 0 Å². The van der Waals surface area contributed by atoms with Gasteiger partial charge in [-0.15, -0.1) is 0 Å². The van der Waals surface area contributed by atoms with Crippen molar-refractivity contribution in [2.24, 2.45) is 0 Å². The molecule has 5 nitrogen and oxygen atoms in total. The van der Waals surface area contributed by atoms with Crippen LogP contribution in [0.5, 0.6) is 0 Å². The van der Waals surface area contributed by atoms with Crippen LogP contribution >= 0.6 is 0 Å². The Morgan fingerprint density at radius 2 is 1.62 bits per heavy atom. The van der Waals surface area contributed by atoms with Gasteiger partial charge in [0.25, 0.3) is 5.97 Å². The third kappa shape index (κ3) is 7.27. The number of hydrogen-bond donors (Lipinski definition) is 2. The van der Waals surface area contributed by atoms with E-state index in [1.807, 2.05) is 4.90 Å². The Bertz CT molecular complexity index is 172. The molecule has 1 fully saturated rings. The number of carboxylic acid groups (broad SMARTS) is 1. The second-order valence-corrected chi connectivity index (χ2v) is 2.78. The number of rotatable bonds is 0. The van der Waals surface area contributed by atoms with Crippen LogP contribution in [0.1, 0.15) is 13.8 Å². The molecule has 0 radical (unpaired) electrons. The summed E-state index contributed by atoms with van der Waals surface area (Å²) in [7, 11) is 0. The molecule has 13 heavy (non-hydrogen) atoms. The molecule has 0 aromatic rings. The van der Waals surface area contributed by atoms with E-state index >= 15 is 0 Å². The van der Waals surface area contributed by atoms with Gasteiger partial charge in [0.2, 0.25) is 5.91 Å². The van der Waals surface area contributed by atoms with Crippen molar-refractivity contribution in [1.29, 1.82) is 0 Å². The molecule has 2 N–H and O–H groups in total. The van der Waals surface area contributed by atoms with Gasteiger partial charge in [0.05, 0.1) is 0 Å². The van der Waals surface area contributed by atoms with Gasteiger partial charge < -0.3 is 15.3 Å². The van der Waals surface area contributed by atoms with Crippen molar-refractivity contribution in [2.45, 2.75) is 13.8 Å². The maximum Gasteiger partial charge on any atom is 0.300 e. The predicted molar refractivity (Wildman–Crippen MR) is 48.4 cm³/mol. The van der Waals surface area contributed by atoms with Crippen molar-refractivity contribution >= 4 is 11.9 Å². The molecule has 1 aliphatic rings.